The van der Waals surface area contributed by atoms with E-state index in [-0.39, 0.29) is 23.8 Å². The van der Waals surface area contributed by atoms with E-state index < -0.39 is 12.1 Å². The van der Waals surface area contributed by atoms with Crippen LogP contribution in [0, 0.1) is 5.92 Å². The Morgan fingerprint density at radius 2 is 2.08 bits per heavy atom. The molecule has 2 fully saturated rings. The van der Waals surface area contributed by atoms with E-state index in [1.165, 1.54) is 0 Å². The Balaban J connectivity index is 1.83. The predicted octanol–water partition coefficient (Wildman–Crippen LogP) is 0.320. The van der Waals surface area contributed by atoms with E-state index in [1.807, 2.05) is 11.8 Å². The predicted molar refractivity (Wildman–Crippen MR) is 99.4 cm³/mol. The van der Waals surface area contributed by atoms with Gasteiger partial charge in [-0.3, -0.25) is 9.59 Å². The molecule has 8 heteroatoms. The molecule has 0 aromatic rings. The fraction of sp³-hybridized carbons (Fsp3) is 0.833. The van der Waals surface area contributed by atoms with Crippen LogP contribution >= 0.6 is 0 Å². The van der Waals surface area contributed by atoms with Gasteiger partial charge in [0, 0.05) is 19.6 Å². The smallest absolute Gasteiger partial charge is 0.312 e. The molecule has 3 unspecified atom stereocenters. The first-order valence-electron chi connectivity index (χ1n) is 9.87. The number of primary amides is 1. The van der Waals surface area contributed by atoms with E-state index in [4.69, 9.17) is 5.73 Å². The van der Waals surface area contributed by atoms with E-state index >= 15 is 0 Å². The van der Waals surface area contributed by atoms with Crippen LogP contribution in [0.2, 0.25) is 0 Å². The third-order valence-electron chi connectivity index (χ3n) is 5.23. The minimum Gasteiger partial charge on any atom is -0.354 e. The molecule has 8 nitrogen and oxygen atoms in total. The van der Waals surface area contributed by atoms with Crippen LogP contribution in [-0.2, 0) is 9.59 Å². The molecule has 0 spiro atoms. The van der Waals surface area contributed by atoms with Crippen LogP contribution in [0.3, 0.4) is 0 Å². The number of likely N-dealkylation sites (tertiary alicyclic amines) is 1. The number of hydrogen-bond acceptors (Lipinski definition) is 4. The number of urea groups is 1. The van der Waals surface area contributed by atoms with E-state index in [2.05, 4.69) is 16.0 Å². The summed E-state index contributed by atoms with van der Waals surface area (Å²) in [6, 6.07) is -1.29. The molecule has 3 atom stereocenters. The van der Waals surface area contributed by atoms with Gasteiger partial charge in [-0.15, -0.1) is 0 Å². The Bertz CT molecular complexity index is 493. The molecule has 0 aromatic carbocycles. The summed E-state index contributed by atoms with van der Waals surface area (Å²) in [4.78, 5) is 38.0. The second-order valence-corrected chi connectivity index (χ2v) is 7.39. The van der Waals surface area contributed by atoms with Gasteiger partial charge in [0.05, 0.1) is 6.04 Å². The summed E-state index contributed by atoms with van der Waals surface area (Å²) < 4.78 is 0. The zero-order chi connectivity index (χ0) is 18.9. The van der Waals surface area contributed by atoms with Crippen LogP contribution in [-0.4, -0.2) is 61.0 Å². The lowest BCUT2D eigenvalue weighted by Crippen LogP contribution is -2.53. The van der Waals surface area contributed by atoms with Crippen molar-refractivity contribution in [2.75, 3.05) is 26.2 Å². The summed E-state index contributed by atoms with van der Waals surface area (Å²) >= 11 is 0. The molecule has 4 amide bonds. The summed E-state index contributed by atoms with van der Waals surface area (Å²) in [6.07, 6.45) is 6.24. The van der Waals surface area contributed by atoms with E-state index in [0.29, 0.717) is 26.1 Å². The van der Waals surface area contributed by atoms with Crippen LogP contribution in [0.25, 0.3) is 0 Å². The van der Waals surface area contributed by atoms with Crippen molar-refractivity contribution in [2.45, 2.75) is 64.0 Å². The number of nitrogens with zero attached hydrogens (tertiary/aromatic N) is 1. The highest BCUT2D eigenvalue weighted by Crippen LogP contribution is 2.18. The van der Waals surface area contributed by atoms with Crippen molar-refractivity contribution in [2.24, 2.45) is 11.7 Å². The average Bonchev–Trinajstić information content (AvgIpc) is 3.17. The number of rotatable bonds is 8. The molecule has 0 bridgehead atoms. The molecule has 0 radical (unpaired) electrons. The van der Waals surface area contributed by atoms with Gasteiger partial charge in [0.2, 0.25) is 11.8 Å². The lowest BCUT2D eigenvalue weighted by Gasteiger charge is -2.35. The van der Waals surface area contributed by atoms with Gasteiger partial charge in [0.25, 0.3) is 0 Å². The van der Waals surface area contributed by atoms with E-state index in [1.54, 1.807) is 0 Å². The Morgan fingerprint density at radius 1 is 1.27 bits per heavy atom. The third-order valence-corrected chi connectivity index (χ3v) is 5.23. The monoisotopic (exact) mass is 367 g/mol. The Labute approximate surface area is 155 Å². The van der Waals surface area contributed by atoms with Gasteiger partial charge in [0.1, 0.15) is 6.04 Å². The average molecular weight is 367 g/mol. The molecule has 26 heavy (non-hydrogen) atoms. The fourth-order valence-electron chi connectivity index (χ4n) is 3.77. The van der Waals surface area contributed by atoms with E-state index in [9.17, 15) is 14.4 Å². The number of carbonyl (C=O) groups is 3. The maximum absolute atomic E-state index is 12.8. The van der Waals surface area contributed by atoms with Crippen molar-refractivity contribution < 1.29 is 14.4 Å². The van der Waals surface area contributed by atoms with Gasteiger partial charge in [-0.25, -0.2) is 4.79 Å². The first kappa shape index (κ1) is 20.5. The molecule has 2 saturated heterocycles. The summed E-state index contributed by atoms with van der Waals surface area (Å²) in [6.45, 7) is 4.83. The highest BCUT2D eigenvalue weighted by molar-refractivity contribution is 5.86. The molecule has 2 rings (SSSR count). The minimum absolute atomic E-state index is 0.0576. The molecular weight excluding hydrogens is 334 g/mol. The number of nitrogens with one attached hydrogen (secondary N) is 3. The molecule has 0 saturated carbocycles. The second kappa shape index (κ2) is 10.4. The van der Waals surface area contributed by atoms with Crippen LogP contribution in [0.1, 0.15) is 51.9 Å². The number of hydrogen-bond donors (Lipinski definition) is 4. The SMILES string of the molecule is CCCCC(NC(N)=O)C(=O)N1CCCC(CNC(=O)C2CCCN2)C1. The highest BCUT2D eigenvalue weighted by atomic mass is 16.2. The normalized spacial score (nSPS) is 24.1. The van der Waals surface area contributed by atoms with Crippen molar-refractivity contribution in [1.29, 1.82) is 0 Å². The highest BCUT2D eigenvalue weighted by Gasteiger charge is 2.30. The van der Waals surface area contributed by atoms with E-state index in [0.717, 1.165) is 45.1 Å². The van der Waals surface area contributed by atoms with Gasteiger partial charge >= 0.3 is 6.03 Å². The number of piperidine rings is 1. The topological polar surface area (TPSA) is 117 Å². The largest absolute Gasteiger partial charge is 0.354 e. The Kier molecular flexibility index (Phi) is 8.15. The Morgan fingerprint density at radius 3 is 2.73 bits per heavy atom. The summed E-state index contributed by atoms with van der Waals surface area (Å²) in [5.74, 6) is 0.242. The van der Waals surface area contributed by atoms with Crippen molar-refractivity contribution in [1.82, 2.24) is 20.9 Å². The number of nitrogens with two attached hydrogens (primary N) is 1. The van der Waals surface area contributed by atoms with Crippen LogP contribution in [0.5, 0.6) is 0 Å². The molecule has 0 aliphatic carbocycles. The third kappa shape index (κ3) is 6.16. The number of unbranched alkanes of at least 4 members (excludes halogenated alkanes) is 1. The minimum atomic E-state index is -0.663. The molecule has 2 aliphatic heterocycles. The molecule has 2 heterocycles. The quantitative estimate of drug-likeness (QED) is 0.494. The lowest BCUT2D eigenvalue weighted by atomic mass is 9.96. The van der Waals surface area contributed by atoms with Crippen molar-refractivity contribution in [3.05, 3.63) is 0 Å². The summed E-state index contributed by atoms with van der Waals surface area (Å²) in [5, 5.41) is 8.80. The first-order valence-corrected chi connectivity index (χ1v) is 9.87. The van der Waals surface area contributed by atoms with Crippen LogP contribution < -0.4 is 21.7 Å². The van der Waals surface area contributed by atoms with Gasteiger partial charge in [-0.2, -0.15) is 0 Å². The Hall–Kier alpha value is -1.83. The van der Waals surface area contributed by atoms with Gasteiger partial charge in [0.15, 0.2) is 0 Å². The second-order valence-electron chi connectivity index (χ2n) is 7.39. The number of amides is 4. The molecule has 148 valence electrons. The van der Waals surface area contributed by atoms with Crippen molar-refractivity contribution >= 4 is 17.8 Å². The molecule has 0 aromatic heterocycles. The van der Waals surface area contributed by atoms with Gasteiger partial charge in [-0.05, 0) is 44.6 Å². The number of carbonyl (C=O) groups excluding carboxylic acids is 3. The van der Waals surface area contributed by atoms with Crippen LogP contribution in [0.4, 0.5) is 4.79 Å². The van der Waals surface area contributed by atoms with Gasteiger partial charge < -0.3 is 26.6 Å². The summed E-state index contributed by atoms with van der Waals surface area (Å²) in [7, 11) is 0. The summed E-state index contributed by atoms with van der Waals surface area (Å²) in [5.41, 5.74) is 5.23. The zero-order valence-corrected chi connectivity index (χ0v) is 15.8. The molecule has 2 aliphatic rings. The zero-order valence-electron chi connectivity index (χ0n) is 15.8. The maximum atomic E-state index is 12.8. The lowest BCUT2D eigenvalue weighted by molar-refractivity contribution is -0.135. The first-order chi connectivity index (χ1) is 12.5. The standard InChI is InChI=1S/C18H33N5O3/c1-2-3-7-15(22-18(19)26)17(25)23-10-5-6-13(12-23)11-21-16(24)14-8-4-9-20-14/h13-15,20H,2-12H2,1H3,(H,21,24)(H3,19,22,26). The van der Waals surface area contributed by atoms with Gasteiger partial charge in [-0.1, -0.05) is 19.8 Å². The molecular formula is C18H33N5O3. The fourth-order valence-corrected chi connectivity index (χ4v) is 3.77. The van der Waals surface area contributed by atoms with Crippen LogP contribution in [0.15, 0.2) is 0 Å². The van der Waals surface area contributed by atoms with Crippen molar-refractivity contribution in [3.8, 4) is 0 Å². The molecule has 5 N–H and O–H groups in total. The maximum Gasteiger partial charge on any atom is 0.312 e. The van der Waals surface area contributed by atoms with Crippen molar-refractivity contribution in [3.63, 3.8) is 0 Å².